The van der Waals surface area contributed by atoms with Gasteiger partial charge in [-0.15, -0.1) is 0 Å². The highest BCUT2D eigenvalue weighted by Crippen LogP contribution is 2.38. The Balaban J connectivity index is 1.39. The van der Waals surface area contributed by atoms with Gasteiger partial charge in [-0.3, -0.25) is 4.79 Å². The van der Waals surface area contributed by atoms with Crippen molar-refractivity contribution in [3.63, 3.8) is 0 Å². The molecule has 10 heteroatoms. The molecule has 2 heterocycles. The largest absolute Gasteiger partial charge is 0.493 e. The number of nitrogens with zero attached hydrogens (tertiary/aromatic N) is 5. The maximum Gasteiger partial charge on any atom is 0.255 e. The number of amides is 1. The number of fused-ring (bicyclic) bond motifs is 1. The molecule has 1 aromatic heterocycles. The lowest BCUT2D eigenvalue weighted by molar-refractivity contribution is 0.0729. The molecule has 0 saturated carbocycles. The van der Waals surface area contributed by atoms with Crippen molar-refractivity contribution in [1.29, 1.82) is 0 Å². The van der Waals surface area contributed by atoms with E-state index in [-0.39, 0.29) is 10.9 Å². The molecule has 0 spiro atoms. The Bertz CT molecular complexity index is 1630. The van der Waals surface area contributed by atoms with Gasteiger partial charge in [-0.1, -0.05) is 55.8 Å². The van der Waals surface area contributed by atoms with Crippen LogP contribution in [0.1, 0.15) is 48.4 Å². The number of para-hydroxylation sites is 3. The first-order valence-corrected chi connectivity index (χ1v) is 16.9. The van der Waals surface area contributed by atoms with Crippen molar-refractivity contribution in [3.8, 4) is 17.2 Å². The van der Waals surface area contributed by atoms with E-state index in [1.165, 1.54) is 7.11 Å². The van der Waals surface area contributed by atoms with Gasteiger partial charge in [0.05, 0.1) is 55.5 Å². The smallest absolute Gasteiger partial charge is 0.255 e. The van der Waals surface area contributed by atoms with E-state index >= 15 is 0 Å². The molecule has 1 aliphatic rings. The molecule has 0 aliphatic carbocycles. The third-order valence-corrected chi connectivity index (χ3v) is 9.19. The van der Waals surface area contributed by atoms with Crippen molar-refractivity contribution in [2.45, 2.75) is 39.8 Å². The minimum atomic E-state index is -0.181. The molecule has 252 valence electrons. The summed E-state index contributed by atoms with van der Waals surface area (Å²) in [5.74, 6) is 2.72. The zero-order chi connectivity index (χ0) is 33.3. The third kappa shape index (κ3) is 8.58. The van der Waals surface area contributed by atoms with Crippen LogP contribution in [-0.4, -0.2) is 97.3 Å². The third-order valence-electron chi connectivity index (χ3n) is 8.82. The number of rotatable bonds is 15. The lowest BCUT2D eigenvalue weighted by Gasteiger charge is -2.32. The van der Waals surface area contributed by atoms with Crippen molar-refractivity contribution >= 4 is 28.5 Å². The lowest BCUT2D eigenvalue weighted by Crippen LogP contribution is -2.44. The van der Waals surface area contributed by atoms with E-state index in [9.17, 15) is 4.79 Å². The van der Waals surface area contributed by atoms with Crippen molar-refractivity contribution in [1.82, 2.24) is 24.3 Å². The van der Waals surface area contributed by atoms with Gasteiger partial charge in [-0.2, -0.15) is 0 Å². The lowest BCUT2D eigenvalue weighted by atomic mass is 10.1. The Kier molecular flexibility index (Phi) is 12.0. The van der Waals surface area contributed by atoms with Gasteiger partial charge in [-0.25, -0.2) is 4.98 Å². The number of carbonyl (C=O) groups excluding carboxylic acids is 1. The summed E-state index contributed by atoms with van der Waals surface area (Å²) in [5, 5.41) is 0.235. The Labute approximate surface area is 284 Å². The normalized spacial score (nSPS) is 14.1. The number of aromatic nitrogens is 2. The monoisotopic (exact) mass is 661 g/mol. The van der Waals surface area contributed by atoms with E-state index in [0.717, 1.165) is 73.7 Å². The first kappa shape index (κ1) is 34.5. The zero-order valence-electron chi connectivity index (χ0n) is 28.4. The van der Waals surface area contributed by atoms with E-state index in [2.05, 4.69) is 47.4 Å². The highest BCUT2D eigenvalue weighted by molar-refractivity contribution is 6.35. The number of halogens is 1. The summed E-state index contributed by atoms with van der Waals surface area (Å²) in [6.45, 7) is 11.9. The Morgan fingerprint density at radius 1 is 0.957 bits per heavy atom. The summed E-state index contributed by atoms with van der Waals surface area (Å²) in [6.07, 6.45) is 1.81. The predicted molar refractivity (Wildman–Crippen MR) is 188 cm³/mol. The molecule has 0 N–H and O–H groups in total. The second-order valence-corrected chi connectivity index (χ2v) is 13.0. The molecular formula is C37H48ClN5O4. The number of piperazine rings is 1. The van der Waals surface area contributed by atoms with Crippen LogP contribution < -0.4 is 14.2 Å². The van der Waals surface area contributed by atoms with Crippen LogP contribution in [0.5, 0.6) is 17.2 Å². The van der Waals surface area contributed by atoms with Crippen LogP contribution in [0.3, 0.4) is 0 Å². The average molecular weight is 662 g/mol. The fourth-order valence-corrected chi connectivity index (χ4v) is 6.29. The average Bonchev–Trinajstić information content (AvgIpc) is 3.42. The van der Waals surface area contributed by atoms with Gasteiger partial charge in [-0.05, 0) is 56.1 Å². The zero-order valence-corrected chi connectivity index (χ0v) is 29.1. The van der Waals surface area contributed by atoms with Crippen LogP contribution in [0.15, 0.2) is 60.7 Å². The molecule has 0 atom stereocenters. The Hall–Kier alpha value is -3.79. The standard InChI is InChI=1S/C37H48ClN5O4/c1-27(2)17-19-42(37(44)29-15-16-33(45-4)36(46-5)35(29)38)26-34-39-30-12-7-8-13-31(30)43(34)25-28-11-6-9-14-32(28)47-24-10-18-41-22-20-40(3)21-23-41/h6-9,11-16,27H,10,17-26H2,1-5H3. The quantitative estimate of drug-likeness (QED) is 0.135. The summed E-state index contributed by atoms with van der Waals surface area (Å²) < 4.78 is 19.5. The maximum atomic E-state index is 14.1. The first-order chi connectivity index (χ1) is 22.8. The predicted octanol–water partition coefficient (Wildman–Crippen LogP) is 6.46. The molecule has 4 aromatic rings. The van der Waals surface area contributed by atoms with Gasteiger partial charge >= 0.3 is 0 Å². The molecule has 1 fully saturated rings. The molecule has 1 saturated heterocycles. The molecule has 47 heavy (non-hydrogen) atoms. The van der Waals surface area contributed by atoms with E-state index in [1.54, 1.807) is 19.2 Å². The summed E-state index contributed by atoms with van der Waals surface area (Å²) in [4.78, 5) is 25.9. The van der Waals surface area contributed by atoms with Crippen molar-refractivity contribution < 1.29 is 19.0 Å². The minimum absolute atomic E-state index is 0.181. The number of hydrogen-bond donors (Lipinski definition) is 0. The molecule has 3 aromatic carbocycles. The van der Waals surface area contributed by atoms with E-state index in [4.69, 9.17) is 30.8 Å². The number of imidazole rings is 1. The van der Waals surface area contributed by atoms with Crippen molar-refractivity contribution in [2.24, 2.45) is 5.92 Å². The van der Waals surface area contributed by atoms with Crippen LogP contribution in [-0.2, 0) is 13.1 Å². The number of benzene rings is 3. The van der Waals surface area contributed by atoms with E-state index in [0.29, 0.717) is 49.2 Å². The number of likely N-dealkylation sites (N-methyl/N-ethyl adjacent to an activating group) is 1. The van der Waals surface area contributed by atoms with Gasteiger partial charge in [0.1, 0.15) is 11.6 Å². The number of carbonyl (C=O) groups is 1. The topological polar surface area (TPSA) is 72.3 Å². The molecule has 9 nitrogen and oxygen atoms in total. The molecule has 1 amide bonds. The summed E-state index contributed by atoms with van der Waals surface area (Å²) >= 11 is 6.73. The van der Waals surface area contributed by atoms with Crippen molar-refractivity contribution in [2.75, 3.05) is 67.1 Å². The summed E-state index contributed by atoms with van der Waals surface area (Å²) in [6, 6.07) is 19.8. The van der Waals surface area contributed by atoms with Crippen molar-refractivity contribution in [3.05, 3.63) is 82.6 Å². The van der Waals surface area contributed by atoms with E-state index in [1.807, 2.05) is 41.3 Å². The second-order valence-electron chi connectivity index (χ2n) is 12.6. The fraction of sp³-hybridized carbons (Fsp3) is 0.459. The second kappa shape index (κ2) is 16.4. The molecule has 0 bridgehead atoms. The van der Waals surface area contributed by atoms with Crippen LogP contribution in [0.25, 0.3) is 11.0 Å². The highest BCUT2D eigenvalue weighted by Gasteiger charge is 2.25. The SMILES string of the molecule is COc1ccc(C(=O)N(CCC(C)C)Cc2nc3ccccc3n2Cc2ccccc2OCCCN2CCN(C)CC2)c(Cl)c1OC. The number of ether oxygens (including phenoxy) is 3. The molecule has 0 radical (unpaired) electrons. The number of methoxy groups -OCH3 is 2. The first-order valence-electron chi connectivity index (χ1n) is 16.5. The van der Waals surface area contributed by atoms with Gasteiger partial charge in [0.2, 0.25) is 0 Å². The highest BCUT2D eigenvalue weighted by atomic mass is 35.5. The van der Waals surface area contributed by atoms with Crippen LogP contribution in [0, 0.1) is 5.92 Å². The molecule has 1 aliphatic heterocycles. The van der Waals surface area contributed by atoms with Gasteiger partial charge in [0.15, 0.2) is 11.5 Å². The minimum Gasteiger partial charge on any atom is -0.493 e. The molecular weight excluding hydrogens is 614 g/mol. The van der Waals surface area contributed by atoms with Crippen LogP contribution >= 0.6 is 11.6 Å². The van der Waals surface area contributed by atoms with Crippen LogP contribution in [0.2, 0.25) is 5.02 Å². The number of hydrogen-bond acceptors (Lipinski definition) is 7. The summed E-state index contributed by atoms with van der Waals surface area (Å²) in [5.41, 5.74) is 3.33. The summed E-state index contributed by atoms with van der Waals surface area (Å²) in [7, 11) is 5.25. The fourth-order valence-electron chi connectivity index (χ4n) is 5.97. The Morgan fingerprint density at radius 2 is 1.70 bits per heavy atom. The van der Waals surface area contributed by atoms with Gasteiger partial charge in [0.25, 0.3) is 5.91 Å². The maximum absolute atomic E-state index is 14.1. The van der Waals surface area contributed by atoms with Gasteiger partial charge in [0, 0.05) is 44.8 Å². The Morgan fingerprint density at radius 3 is 2.45 bits per heavy atom. The van der Waals surface area contributed by atoms with E-state index < -0.39 is 0 Å². The van der Waals surface area contributed by atoms with Gasteiger partial charge < -0.3 is 33.5 Å². The molecule has 5 rings (SSSR count). The molecule has 0 unspecified atom stereocenters. The van der Waals surface area contributed by atoms with Crippen LogP contribution in [0.4, 0.5) is 0 Å².